The zero-order chi connectivity index (χ0) is 14.8. The Morgan fingerprint density at radius 3 is 1.75 bits per heavy atom. The van der Waals surface area contributed by atoms with Crippen molar-refractivity contribution in [3.8, 4) is 0 Å². The van der Waals surface area contributed by atoms with Crippen molar-refractivity contribution >= 4 is 8.80 Å². The lowest BCUT2D eigenvalue weighted by Gasteiger charge is -2.23. The molecule has 2 aliphatic rings. The van der Waals surface area contributed by atoms with E-state index in [-0.39, 0.29) is 0 Å². The van der Waals surface area contributed by atoms with Crippen LogP contribution in [0.3, 0.4) is 0 Å². The van der Waals surface area contributed by atoms with Crippen molar-refractivity contribution in [3.63, 3.8) is 0 Å². The predicted octanol–water partition coefficient (Wildman–Crippen LogP) is 0.0139. The standard InChI is InChI=1S/C6H17NO3Si.C6H10O3/c1-8-11(9-2,10-3)6-4-5-7;1(5-3-8-5)7-2-6-4-9-6/h4-7H2,1-3H3;5-6H,1-4H2. The molecule has 0 aliphatic carbocycles. The van der Waals surface area contributed by atoms with E-state index in [2.05, 4.69) is 0 Å². The lowest BCUT2D eigenvalue weighted by molar-refractivity contribution is 0.102. The molecule has 120 valence electrons. The third-order valence-electron chi connectivity index (χ3n) is 3.03. The molecule has 2 fully saturated rings. The molecule has 2 saturated heterocycles. The molecule has 0 aromatic heterocycles. The Bertz CT molecular complexity index is 226. The molecule has 0 spiro atoms. The first-order chi connectivity index (χ1) is 9.69. The van der Waals surface area contributed by atoms with Gasteiger partial charge >= 0.3 is 8.80 Å². The first-order valence-corrected chi connectivity index (χ1v) is 8.79. The molecule has 0 radical (unpaired) electrons. The van der Waals surface area contributed by atoms with E-state index in [1.54, 1.807) is 21.3 Å². The molecule has 2 N–H and O–H groups in total. The number of epoxide rings is 2. The summed E-state index contributed by atoms with van der Waals surface area (Å²) in [5, 5.41) is 0. The van der Waals surface area contributed by atoms with E-state index in [9.17, 15) is 0 Å². The third-order valence-corrected chi connectivity index (χ3v) is 5.86. The number of ether oxygens (including phenoxy) is 3. The fourth-order valence-electron chi connectivity index (χ4n) is 1.53. The van der Waals surface area contributed by atoms with E-state index < -0.39 is 8.80 Å². The number of hydrogen-bond donors (Lipinski definition) is 1. The quantitative estimate of drug-likeness (QED) is 0.449. The van der Waals surface area contributed by atoms with Gasteiger partial charge in [-0.2, -0.15) is 0 Å². The summed E-state index contributed by atoms with van der Waals surface area (Å²) < 4.78 is 30.7. The van der Waals surface area contributed by atoms with Crippen molar-refractivity contribution in [2.75, 3.05) is 54.3 Å². The Hall–Kier alpha value is -0.0631. The van der Waals surface area contributed by atoms with Gasteiger partial charge in [-0.05, 0) is 13.0 Å². The molecule has 0 bridgehead atoms. The predicted molar refractivity (Wildman–Crippen MR) is 75.6 cm³/mol. The van der Waals surface area contributed by atoms with Crippen LogP contribution in [-0.4, -0.2) is 75.3 Å². The highest BCUT2D eigenvalue weighted by atomic mass is 28.4. The smallest absolute Gasteiger partial charge is 0.377 e. The molecule has 2 atom stereocenters. The van der Waals surface area contributed by atoms with Crippen LogP contribution in [0, 0.1) is 0 Å². The van der Waals surface area contributed by atoms with Crippen LogP contribution < -0.4 is 5.73 Å². The molecular formula is C12H27NO6Si. The van der Waals surface area contributed by atoms with Crippen molar-refractivity contribution in [3.05, 3.63) is 0 Å². The van der Waals surface area contributed by atoms with Gasteiger partial charge < -0.3 is 33.2 Å². The van der Waals surface area contributed by atoms with E-state index in [1.165, 1.54) is 0 Å². The maximum atomic E-state index is 5.36. The normalized spacial score (nSPS) is 24.0. The van der Waals surface area contributed by atoms with E-state index in [1.807, 2.05) is 0 Å². The number of nitrogens with two attached hydrogens (primary N) is 1. The SMILES string of the molecule is C(OCC1CO1)C1CO1.CO[Si](CCCN)(OC)OC. The Morgan fingerprint density at radius 2 is 1.45 bits per heavy atom. The Balaban J connectivity index is 0.000000202. The summed E-state index contributed by atoms with van der Waals surface area (Å²) in [7, 11) is 2.50. The highest BCUT2D eigenvalue weighted by Crippen LogP contribution is 2.14. The number of rotatable bonds is 10. The Kier molecular flexibility index (Phi) is 8.81. The molecular weight excluding hydrogens is 282 g/mol. The van der Waals surface area contributed by atoms with E-state index >= 15 is 0 Å². The van der Waals surface area contributed by atoms with Gasteiger partial charge in [0, 0.05) is 27.4 Å². The maximum absolute atomic E-state index is 5.36. The zero-order valence-electron chi connectivity index (χ0n) is 12.6. The van der Waals surface area contributed by atoms with Gasteiger partial charge in [0.2, 0.25) is 0 Å². The van der Waals surface area contributed by atoms with Crippen LogP contribution in [0.1, 0.15) is 6.42 Å². The summed E-state index contributed by atoms with van der Waals surface area (Å²) in [6.07, 6.45) is 1.66. The minimum absolute atomic E-state index is 0.392. The second kappa shape index (κ2) is 9.80. The maximum Gasteiger partial charge on any atom is 0.500 e. The topological polar surface area (TPSA) is 88.0 Å². The van der Waals surface area contributed by atoms with E-state index in [0.717, 1.165) is 38.9 Å². The molecule has 2 rings (SSSR count). The van der Waals surface area contributed by atoms with Crippen LogP contribution in [-0.2, 0) is 27.5 Å². The molecule has 0 saturated carbocycles. The fourth-order valence-corrected chi connectivity index (χ4v) is 3.28. The van der Waals surface area contributed by atoms with Crippen LogP contribution in [0.25, 0.3) is 0 Å². The van der Waals surface area contributed by atoms with Gasteiger partial charge in [-0.3, -0.25) is 0 Å². The first kappa shape index (κ1) is 18.0. The highest BCUT2D eigenvalue weighted by molar-refractivity contribution is 6.60. The molecule has 7 nitrogen and oxygen atoms in total. The second-order valence-electron chi connectivity index (χ2n) is 4.64. The lowest BCUT2D eigenvalue weighted by Crippen LogP contribution is -2.42. The molecule has 0 amide bonds. The summed E-state index contributed by atoms with van der Waals surface area (Å²) >= 11 is 0. The summed E-state index contributed by atoms with van der Waals surface area (Å²) in [6.45, 7) is 3.90. The highest BCUT2D eigenvalue weighted by Gasteiger charge is 2.36. The molecule has 0 aromatic rings. The molecule has 8 heteroatoms. The van der Waals surface area contributed by atoms with Crippen LogP contribution in [0.5, 0.6) is 0 Å². The summed E-state index contributed by atoms with van der Waals surface area (Å²) in [5.41, 5.74) is 5.36. The Labute approximate surface area is 122 Å². The van der Waals surface area contributed by atoms with Gasteiger partial charge in [-0.15, -0.1) is 0 Å². The van der Waals surface area contributed by atoms with Crippen molar-refractivity contribution < 1.29 is 27.5 Å². The Morgan fingerprint density at radius 1 is 1.00 bits per heavy atom. The van der Waals surface area contributed by atoms with Gasteiger partial charge in [-0.1, -0.05) is 0 Å². The van der Waals surface area contributed by atoms with Crippen molar-refractivity contribution in [2.24, 2.45) is 5.73 Å². The van der Waals surface area contributed by atoms with Crippen LogP contribution in [0.4, 0.5) is 0 Å². The molecule has 2 aliphatic heterocycles. The van der Waals surface area contributed by atoms with Crippen molar-refractivity contribution in [1.29, 1.82) is 0 Å². The zero-order valence-corrected chi connectivity index (χ0v) is 13.6. The van der Waals surface area contributed by atoms with Gasteiger partial charge in [0.1, 0.15) is 12.2 Å². The van der Waals surface area contributed by atoms with Crippen LogP contribution >= 0.6 is 0 Å². The molecule has 2 heterocycles. The van der Waals surface area contributed by atoms with E-state index in [0.29, 0.717) is 18.8 Å². The summed E-state index contributed by atoms with van der Waals surface area (Å²) in [4.78, 5) is 0. The lowest BCUT2D eigenvalue weighted by atomic mass is 10.5. The molecule has 0 aromatic carbocycles. The van der Waals surface area contributed by atoms with Gasteiger partial charge in [0.15, 0.2) is 0 Å². The second-order valence-corrected chi connectivity index (χ2v) is 7.73. The first-order valence-electron chi connectivity index (χ1n) is 6.86. The summed E-state index contributed by atoms with van der Waals surface area (Å²) in [5.74, 6) is 0. The molecule has 20 heavy (non-hydrogen) atoms. The van der Waals surface area contributed by atoms with Crippen molar-refractivity contribution in [1.82, 2.24) is 0 Å². The van der Waals surface area contributed by atoms with Gasteiger partial charge in [0.05, 0.1) is 26.4 Å². The average Bonchev–Trinajstić information content (AvgIpc) is 3.37. The third kappa shape index (κ3) is 7.65. The van der Waals surface area contributed by atoms with Crippen molar-refractivity contribution in [2.45, 2.75) is 24.7 Å². The minimum Gasteiger partial charge on any atom is -0.377 e. The van der Waals surface area contributed by atoms with Gasteiger partial charge in [-0.25, -0.2) is 0 Å². The minimum atomic E-state index is -2.32. The van der Waals surface area contributed by atoms with Crippen LogP contribution in [0.2, 0.25) is 6.04 Å². The average molecular weight is 309 g/mol. The van der Waals surface area contributed by atoms with E-state index in [4.69, 9.17) is 33.2 Å². The monoisotopic (exact) mass is 309 g/mol. The van der Waals surface area contributed by atoms with Crippen LogP contribution in [0.15, 0.2) is 0 Å². The van der Waals surface area contributed by atoms with Gasteiger partial charge in [0.25, 0.3) is 0 Å². The summed E-state index contributed by atoms with van der Waals surface area (Å²) in [6, 6.07) is 0.785. The largest absolute Gasteiger partial charge is 0.500 e. The number of hydrogen-bond acceptors (Lipinski definition) is 7. The fraction of sp³-hybridized carbons (Fsp3) is 1.00. The molecule has 2 unspecified atom stereocenters.